The predicted molar refractivity (Wildman–Crippen MR) is 95.6 cm³/mol. The van der Waals surface area contributed by atoms with Gasteiger partial charge in [0.2, 0.25) is 0 Å². The summed E-state index contributed by atoms with van der Waals surface area (Å²) in [7, 11) is 0. The summed E-state index contributed by atoms with van der Waals surface area (Å²) in [6, 6.07) is 16.8. The highest BCUT2D eigenvalue weighted by molar-refractivity contribution is 5.84. The Morgan fingerprint density at radius 3 is 2.76 bits per heavy atom. The van der Waals surface area contributed by atoms with Crippen LogP contribution in [0.2, 0.25) is 0 Å². The van der Waals surface area contributed by atoms with Crippen LogP contribution in [0.15, 0.2) is 65.6 Å². The summed E-state index contributed by atoms with van der Waals surface area (Å²) in [4.78, 5) is 23.3. The topological polar surface area (TPSA) is 73.2 Å². The first-order valence-electron chi connectivity index (χ1n) is 8.13. The van der Waals surface area contributed by atoms with Crippen LogP contribution in [0.1, 0.15) is 6.42 Å². The lowest BCUT2D eigenvalue weighted by Crippen LogP contribution is -2.31. The lowest BCUT2D eigenvalue weighted by atomic mass is 10.1. The summed E-state index contributed by atoms with van der Waals surface area (Å²) >= 11 is 0. The molecule has 0 saturated heterocycles. The van der Waals surface area contributed by atoms with E-state index in [0.717, 1.165) is 10.8 Å². The van der Waals surface area contributed by atoms with E-state index >= 15 is 0 Å². The maximum atomic E-state index is 11.8. The third kappa shape index (κ3) is 4.67. The van der Waals surface area contributed by atoms with E-state index in [9.17, 15) is 9.59 Å². The molecule has 0 radical (unpaired) electrons. The van der Waals surface area contributed by atoms with Gasteiger partial charge in [-0.1, -0.05) is 30.3 Å². The quantitative estimate of drug-likeness (QED) is 0.669. The molecule has 25 heavy (non-hydrogen) atoms. The van der Waals surface area contributed by atoms with Crippen molar-refractivity contribution in [2.24, 2.45) is 0 Å². The fourth-order valence-electron chi connectivity index (χ4n) is 2.47. The SMILES string of the molecule is O=C(COc1ccc2ccccc2c1)NCCCn1ncccc1=O. The van der Waals surface area contributed by atoms with Crippen LogP contribution in [-0.4, -0.2) is 28.8 Å². The molecule has 1 amide bonds. The number of amides is 1. The first-order chi connectivity index (χ1) is 12.2. The molecule has 0 bridgehead atoms. The molecular formula is C19H19N3O3. The molecule has 6 nitrogen and oxygen atoms in total. The number of ether oxygens (including phenoxy) is 1. The number of fused-ring (bicyclic) bond motifs is 1. The Hall–Kier alpha value is -3.15. The Kier molecular flexibility index (Phi) is 5.41. The summed E-state index contributed by atoms with van der Waals surface area (Å²) < 4.78 is 6.90. The lowest BCUT2D eigenvalue weighted by molar-refractivity contribution is -0.123. The second kappa shape index (κ2) is 8.10. The van der Waals surface area contributed by atoms with Gasteiger partial charge in [-0.3, -0.25) is 9.59 Å². The Balaban J connectivity index is 1.41. The van der Waals surface area contributed by atoms with E-state index < -0.39 is 0 Å². The molecule has 3 rings (SSSR count). The summed E-state index contributed by atoms with van der Waals surface area (Å²) in [6.45, 7) is 0.885. The van der Waals surface area contributed by atoms with Gasteiger partial charge in [0, 0.05) is 25.4 Å². The number of carbonyl (C=O) groups is 1. The molecule has 1 heterocycles. The zero-order valence-corrected chi connectivity index (χ0v) is 13.7. The van der Waals surface area contributed by atoms with Crippen molar-refractivity contribution < 1.29 is 9.53 Å². The molecule has 0 unspecified atom stereocenters. The highest BCUT2D eigenvalue weighted by atomic mass is 16.5. The van der Waals surface area contributed by atoms with Gasteiger partial charge in [-0.15, -0.1) is 0 Å². The molecule has 1 aromatic heterocycles. The molecule has 0 aliphatic rings. The Labute approximate surface area is 145 Å². The van der Waals surface area contributed by atoms with Crippen molar-refractivity contribution in [1.29, 1.82) is 0 Å². The maximum Gasteiger partial charge on any atom is 0.266 e. The van der Waals surface area contributed by atoms with Crippen LogP contribution >= 0.6 is 0 Å². The molecule has 0 atom stereocenters. The lowest BCUT2D eigenvalue weighted by Gasteiger charge is -2.08. The van der Waals surface area contributed by atoms with Gasteiger partial charge in [0.15, 0.2) is 6.61 Å². The summed E-state index contributed by atoms with van der Waals surface area (Å²) in [6.07, 6.45) is 2.19. The smallest absolute Gasteiger partial charge is 0.266 e. The molecule has 0 spiro atoms. The third-order valence-corrected chi connectivity index (χ3v) is 3.75. The minimum absolute atomic E-state index is 0.0398. The normalized spacial score (nSPS) is 10.6. The van der Waals surface area contributed by atoms with E-state index in [1.54, 1.807) is 12.3 Å². The Morgan fingerprint density at radius 1 is 1.08 bits per heavy atom. The standard InChI is InChI=1S/C19H19N3O3/c23-18(20-10-4-12-22-19(24)7-3-11-21-22)14-25-17-9-8-15-5-1-2-6-16(15)13-17/h1-3,5-9,11,13H,4,10,12,14H2,(H,20,23). The zero-order valence-electron chi connectivity index (χ0n) is 13.7. The average molecular weight is 337 g/mol. The second-order valence-electron chi connectivity index (χ2n) is 5.59. The molecule has 6 heteroatoms. The third-order valence-electron chi connectivity index (χ3n) is 3.75. The van der Waals surface area contributed by atoms with Gasteiger partial charge >= 0.3 is 0 Å². The summed E-state index contributed by atoms with van der Waals surface area (Å²) in [5.74, 6) is 0.468. The van der Waals surface area contributed by atoms with Crippen molar-refractivity contribution in [3.8, 4) is 5.75 Å². The van der Waals surface area contributed by atoms with E-state index in [0.29, 0.717) is 25.3 Å². The predicted octanol–water partition coefficient (Wildman–Crippen LogP) is 1.98. The fourth-order valence-corrected chi connectivity index (χ4v) is 2.47. The zero-order chi connectivity index (χ0) is 17.5. The summed E-state index contributed by atoms with van der Waals surface area (Å²) in [5.41, 5.74) is -0.145. The minimum atomic E-state index is -0.193. The van der Waals surface area contributed by atoms with E-state index in [1.165, 1.54) is 10.7 Å². The van der Waals surface area contributed by atoms with Crippen molar-refractivity contribution in [3.63, 3.8) is 0 Å². The van der Waals surface area contributed by atoms with E-state index in [-0.39, 0.29) is 18.1 Å². The summed E-state index contributed by atoms with van der Waals surface area (Å²) in [5, 5.41) is 8.93. The molecule has 0 aliphatic carbocycles. The molecule has 128 valence electrons. The fraction of sp³-hybridized carbons (Fsp3) is 0.211. The number of nitrogens with zero attached hydrogens (tertiary/aromatic N) is 2. The molecule has 0 aliphatic heterocycles. The number of hydrogen-bond acceptors (Lipinski definition) is 4. The number of rotatable bonds is 7. The Bertz CT molecular complexity index is 921. The van der Waals surface area contributed by atoms with E-state index in [4.69, 9.17) is 4.74 Å². The number of nitrogens with one attached hydrogen (secondary N) is 1. The van der Waals surface area contributed by atoms with Crippen LogP contribution in [0.4, 0.5) is 0 Å². The van der Waals surface area contributed by atoms with Crippen molar-refractivity contribution in [2.45, 2.75) is 13.0 Å². The van der Waals surface area contributed by atoms with Crippen molar-refractivity contribution in [3.05, 3.63) is 71.1 Å². The Morgan fingerprint density at radius 2 is 1.92 bits per heavy atom. The van der Waals surface area contributed by atoms with Crippen LogP contribution in [-0.2, 0) is 11.3 Å². The van der Waals surface area contributed by atoms with Gasteiger partial charge in [0.1, 0.15) is 5.75 Å². The molecule has 1 N–H and O–H groups in total. The number of aryl methyl sites for hydroxylation is 1. The number of aromatic nitrogens is 2. The van der Waals surface area contributed by atoms with Crippen LogP contribution in [0, 0.1) is 0 Å². The highest BCUT2D eigenvalue weighted by Gasteiger charge is 2.03. The van der Waals surface area contributed by atoms with Crippen LogP contribution < -0.4 is 15.6 Å². The average Bonchev–Trinajstić information content (AvgIpc) is 2.64. The number of hydrogen-bond donors (Lipinski definition) is 1. The van der Waals surface area contributed by atoms with E-state index in [2.05, 4.69) is 10.4 Å². The van der Waals surface area contributed by atoms with Crippen LogP contribution in [0.5, 0.6) is 5.75 Å². The van der Waals surface area contributed by atoms with Gasteiger partial charge < -0.3 is 10.1 Å². The minimum Gasteiger partial charge on any atom is -0.484 e. The molecule has 3 aromatic rings. The van der Waals surface area contributed by atoms with Gasteiger partial charge in [-0.05, 0) is 35.4 Å². The van der Waals surface area contributed by atoms with Crippen LogP contribution in [0.25, 0.3) is 10.8 Å². The van der Waals surface area contributed by atoms with Gasteiger partial charge in [-0.25, -0.2) is 4.68 Å². The first kappa shape index (κ1) is 16.7. The monoisotopic (exact) mass is 337 g/mol. The van der Waals surface area contributed by atoms with Gasteiger partial charge in [-0.2, -0.15) is 5.10 Å². The molecule has 0 fully saturated rings. The number of carbonyl (C=O) groups excluding carboxylic acids is 1. The first-order valence-corrected chi connectivity index (χ1v) is 8.13. The van der Waals surface area contributed by atoms with Gasteiger partial charge in [0.05, 0.1) is 0 Å². The van der Waals surface area contributed by atoms with Crippen molar-refractivity contribution in [1.82, 2.24) is 15.1 Å². The molecule has 0 saturated carbocycles. The molecule has 2 aromatic carbocycles. The largest absolute Gasteiger partial charge is 0.484 e. The van der Waals surface area contributed by atoms with Gasteiger partial charge in [0.25, 0.3) is 11.5 Å². The van der Waals surface area contributed by atoms with Crippen molar-refractivity contribution in [2.75, 3.05) is 13.2 Å². The maximum absolute atomic E-state index is 11.8. The molecular weight excluding hydrogens is 318 g/mol. The number of benzene rings is 2. The second-order valence-corrected chi connectivity index (χ2v) is 5.59. The van der Waals surface area contributed by atoms with Crippen LogP contribution in [0.3, 0.4) is 0 Å². The highest BCUT2D eigenvalue weighted by Crippen LogP contribution is 2.20. The van der Waals surface area contributed by atoms with Crippen molar-refractivity contribution >= 4 is 16.7 Å². The van der Waals surface area contributed by atoms with E-state index in [1.807, 2.05) is 42.5 Å².